The zero-order valence-corrected chi connectivity index (χ0v) is 12.2. The Morgan fingerprint density at radius 3 is 2.64 bits per heavy atom. The third-order valence-corrected chi connectivity index (χ3v) is 3.75. The van der Waals surface area contributed by atoms with Crippen molar-refractivity contribution in [3.8, 4) is 0 Å². The van der Waals surface area contributed by atoms with Gasteiger partial charge in [0.2, 0.25) is 0 Å². The van der Waals surface area contributed by atoms with Gasteiger partial charge in [-0.25, -0.2) is 4.39 Å². The number of rotatable bonds is 3. The molecule has 0 aliphatic carbocycles. The maximum Gasteiger partial charge on any atom is 0.274 e. The number of amides is 1. The smallest absolute Gasteiger partial charge is 0.274 e. The van der Waals surface area contributed by atoms with Crippen LogP contribution < -0.4 is 0 Å². The molecule has 1 amide bonds. The van der Waals surface area contributed by atoms with E-state index in [0.717, 1.165) is 18.7 Å². The summed E-state index contributed by atoms with van der Waals surface area (Å²) in [6.45, 7) is 3.52. The maximum atomic E-state index is 13.2. The fourth-order valence-corrected chi connectivity index (χ4v) is 2.58. The molecule has 1 aromatic carbocycles. The van der Waals surface area contributed by atoms with Crippen LogP contribution in [0.15, 0.2) is 42.6 Å². The third kappa shape index (κ3) is 3.46. The first-order chi connectivity index (χ1) is 10.7. The van der Waals surface area contributed by atoms with Crippen molar-refractivity contribution in [2.24, 2.45) is 0 Å². The number of hydrogen-bond donors (Lipinski definition) is 0. The Bertz CT molecular complexity index is 642. The van der Waals surface area contributed by atoms with E-state index in [-0.39, 0.29) is 11.7 Å². The summed E-state index contributed by atoms with van der Waals surface area (Å²) in [5.41, 5.74) is 1.33. The van der Waals surface area contributed by atoms with Crippen LogP contribution in [0.25, 0.3) is 0 Å². The Kier molecular flexibility index (Phi) is 4.39. The molecule has 3 rings (SSSR count). The number of hydrogen-bond acceptors (Lipinski definition) is 4. The lowest BCUT2D eigenvalue weighted by Crippen LogP contribution is -2.48. The van der Waals surface area contributed by atoms with Gasteiger partial charge >= 0.3 is 0 Å². The van der Waals surface area contributed by atoms with Gasteiger partial charge in [0.1, 0.15) is 5.82 Å². The zero-order valence-electron chi connectivity index (χ0n) is 12.2. The molecule has 1 fully saturated rings. The van der Waals surface area contributed by atoms with Gasteiger partial charge in [-0.1, -0.05) is 12.1 Å². The largest absolute Gasteiger partial charge is 0.335 e. The van der Waals surface area contributed by atoms with Gasteiger partial charge in [-0.3, -0.25) is 9.69 Å². The van der Waals surface area contributed by atoms with Crippen molar-refractivity contribution < 1.29 is 9.18 Å². The summed E-state index contributed by atoms with van der Waals surface area (Å²) in [6, 6.07) is 10.0. The zero-order chi connectivity index (χ0) is 15.4. The molecule has 5 nitrogen and oxygen atoms in total. The van der Waals surface area contributed by atoms with E-state index in [4.69, 9.17) is 0 Å². The van der Waals surface area contributed by atoms with Gasteiger partial charge in [0, 0.05) is 38.9 Å². The Morgan fingerprint density at radius 2 is 1.95 bits per heavy atom. The van der Waals surface area contributed by atoms with Crippen molar-refractivity contribution in [1.82, 2.24) is 20.0 Å². The predicted octanol–water partition coefficient (Wildman–Crippen LogP) is 1.57. The summed E-state index contributed by atoms with van der Waals surface area (Å²) >= 11 is 0. The maximum absolute atomic E-state index is 13.2. The van der Waals surface area contributed by atoms with Crippen LogP contribution >= 0.6 is 0 Å². The standard InChI is InChI=1S/C16H17FN4O/c17-14-4-1-3-13(11-14)12-20-7-9-21(10-8-20)16(22)15-5-2-6-18-19-15/h1-6,11H,7-10,12H2. The highest BCUT2D eigenvalue weighted by molar-refractivity contribution is 5.92. The summed E-state index contributed by atoms with van der Waals surface area (Å²) in [7, 11) is 0. The van der Waals surface area contributed by atoms with Crippen LogP contribution in [-0.2, 0) is 6.54 Å². The molecule has 0 bridgehead atoms. The lowest BCUT2D eigenvalue weighted by atomic mass is 10.2. The van der Waals surface area contributed by atoms with Gasteiger partial charge in [0.05, 0.1) is 0 Å². The molecule has 0 unspecified atom stereocenters. The van der Waals surface area contributed by atoms with Crippen molar-refractivity contribution in [3.63, 3.8) is 0 Å². The first-order valence-corrected chi connectivity index (χ1v) is 7.26. The van der Waals surface area contributed by atoms with Crippen LogP contribution in [-0.4, -0.2) is 52.1 Å². The number of halogens is 1. The summed E-state index contributed by atoms with van der Waals surface area (Å²) in [5, 5.41) is 7.59. The Labute approximate surface area is 128 Å². The van der Waals surface area contributed by atoms with Crippen molar-refractivity contribution in [2.45, 2.75) is 6.54 Å². The van der Waals surface area contributed by atoms with Crippen LogP contribution in [0.4, 0.5) is 4.39 Å². The Balaban J connectivity index is 1.55. The summed E-state index contributed by atoms with van der Waals surface area (Å²) in [5.74, 6) is -0.299. The van der Waals surface area contributed by atoms with Crippen molar-refractivity contribution >= 4 is 5.91 Å². The molecule has 1 aliphatic heterocycles. The summed E-state index contributed by atoms with van der Waals surface area (Å²) < 4.78 is 13.2. The molecule has 2 aromatic rings. The van der Waals surface area contributed by atoms with E-state index >= 15 is 0 Å². The predicted molar refractivity (Wildman–Crippen MR) is 79.6 cm³/mol. The number of benzene rings is 1. The Hall–Kier alpha value is -2.34. The molecular formula is C16H17FN4O. The highest BCUT2D eigenvalue weighted by atomic mass is 19.1. The van der Waals surface area contributed by atoms with Gasteiger partial charge in [0.25, 0.3) is 5.91 Å². The van der Waals surface area contributed by atoms with E-state index in [9.17, 15) is 9.18 Å². The number of nitrogens with zero attached hydrogens (tertiary/aromatic N) is 4. The first kappa shape index (κ1) is 14.6. The van der Waals surface area contributed by atoms with E-state index in [1.54, 1.807) is 35.4 Å². The van der Waals surface area contributed by atoms with Crippen LogP contribution in [0.1, 0.15) is 16.1 Å². The highest BCUT2D eigenvalue weighted by Gasteiger charge is 2.23. The van der Waals surface area contributed by atoms with E-state index in [2.05, 4.69) is 15.1 Å². The third-order valence-electron chi connectivity index (χ3n) is 3.75. The molecule has 1 aliphatic rings. The lowest BCUT2D eigenvalue weighted by molar-refractivity contribution is 0.0621. The topological polar surface area (TPSA) is 49.3 Å². The number of piperazine rings is 1. The van der Waals surface area contributed by atoms with Crippen LogP contribution in [0.2, 0.25) is 0 Å². The minimum absolute atomic E-state index is 0.0847. The van der Waals surface area contributed by atoms with Gasteiger partial charge in [-0.05, 0) is 29.8 Å². The highest BCUT2D eigenvalue weighted by Crippen LogP contribution is 2.11. The van der Waals surface area contributed by atoms with Crippen LogP contribution in [0.3, 0.4) is 0 Å². The first-order valence-electron chi connectivity index (χ1n) is 7.26. The summed E-state index contributed by atoms with van der Waals surface area (Å²) in [6.07, 6.45) is 1.55. The minimum Gasteiger partial charge on any atom is -0.335 e. The molecule has 1 aromatic heterocycles. The molecule has 6 heteroatoms. The van der Waals surface area contributed by atoms with Crippen molar-refractivity contribution in [3.05, 3.63) is 59.7 Å². The molecule has 114 valence electrons. The van der Waals surface area contributed by atoms with Gasteiger partial charge in [0.15, 0.2) is 5.69 Å². The molecule has 0 saturated carbocycles. The van der Waals surface area contributed by atoms with E-state index < -0.39 is 0 Å². The minimum atomic E-state index is -0.214. The average molecular weight is 300 g/mol. The number of aromatic nitrogens is 2. The van der Waals surface area contributed by atoms with E-state index in [1.807, 2.05) is 6.07 Å². The molecule has 1 saturated heterocycles. The second-order valence-electron chi connectivity index (χ2n) is 5.31. The fraction of sp³-hybridized carbons (Fsp3) is 0.312. The number of carbonyl (C=O) groups is 1. The molecule has 2 heterocycles. The van der Waals surface area contributed by atoms with Crippen LogP contribution in [0, 0.1) is 5.82 Å². The SMILES string of the molecule is O=C(c1cccnn1)N1CCN(Cc2cccc(F)c2)CC1. The van der Waals surface area contributed by atoms with E-state index in [1.165, 1.54) is 6.07 Å². The van der Waals surface area contributed by atoms with Crippen molar-refractivity contribution in [1.29, 1.82) is 0 Å². The average Bonchev–Trinajstić information content (AvgIpc) is 2.56. The van der Waals surface area contributed by atoms with E-state index in [0.29, 0.717) is 25.3 Å². The van der Waals surface area contributed by atoms with Gasteiger partial charge < -0.3 is 4.90 Å². The molecule has 0 radical (unpaired) electrons. The Morgan fingerprint density at radius 1 is 1.14 bits per heavy atom. The fourth-order valence-electron chi connectivity index (χ4n) is 2.58. The quantitative estimate of drug-likeness (QED) is 0.863. The molecule has 0 spiro atoms. The molecule has 0 atom stereocenters. The second-order valence-corrected chi connectivity index (χ2v) is 5.31. The van der Waals surface area contributed by atoms with Gasteiger partial charge in [-0.2, -0.15) is 5.10 Å². The second kappa shape index (κ2) is 6.62. The monoisotopic (exact) mass is 300 g/mol. The molecular weight excluding hydrogens is 283 g/mol. The lowest BCUT2D eigenvalue weighted by Gasteiger charge is -2.34. The van der Waals surface area contributed by atoms with Gasteiger partial charge in [-0.15, -0.1) is 5.10 Å². The molecule has 22 heavy (non-hydrogen) atoms. The number of carbonyl (C=O) groups excluding carboxylic acids is 1. The van der Waals surface area contributed by atoms with Crippen LogP contribution in [0.5, 0.6) is 0 Å². The summed E-state index contributed by atoms with van der Waals surface area (Å²) in [4.78, 5) is 16.3. The molecule has 0 N–H and O–H groups in total. The van der Waals surface area contributed by atoms with Crippen molar-refractivity contribution in [2.75, 3.05) is 26.2 Å². The normalized spacial score (nSPS) is 15.8.